The van der Waals surface area contributed by atoms with Crippen LogP contribution in [-0.4, -0.2) is 28.7 Å². The first-order chi connectivity index (χ1) is 6.09. The first kappa shape index (κ1) is 11.0. The second-order valence-electron chi connectivity index (χ2n) is 4.25. The molecule has 0 saturated carbocycles. The maximum absolute atomic E-state index is 9.56. The Balaban J connectivity index is 2.29. The topological polar surface area (TPSA) is 49.7 Å². The van der Waals surface area contributed by atoms with E-state index in [1.165, 1.54) is 0 Å². The summed E-state index contributed by atoms with van der Waals surface area (Å²) in [6, 6.07) is 0. The average Bonchev–Trinajstić information content (AvgIpc) is 2.06. The molecule has 3 atom stereocenters. The first-order valence-electron chi connectivity index (χ1n) is 5.11. The molecule has 0 aromatic heterocycles. The van der Waals surface area contributed by atoms with Crippen LogP contribution in [-0.2, 0) is 4.74 Å². The average molecular weight is 188 g/mol. The van der Waals surface area contributed by atoms with Gasteiger partial charge in [0.1, 0.15) is 0 Å². The summed E-state index contributed by atoms with van der Waals surface area (Å²) in [7, 11) is 0. The Morgan fingerprint density at radius 3 is 2.62 bits per heavy atom. The van der Waals surface area contributed by atoms with Gasteiger partial charge in [0.05, 0.1) is 12.2 Å². The number of hydrogen-bond donors (Lipinski definition) is 2. The molecule has 0 aromatic carbocycles. The Morgan fingerprint density at radius 1 is 1.31 bits per heavy atom. The zero-order valence-corrected chi connectivity index (χ0v) is 8.44. The monoisotopic (exact) mass is 188 g/mol. The minimum Gasteiger partial charge on any atom is -0.390 e. The van der Waals surface area contributed by atoms with Gasteiger partial charge in [-0.3, -0.25) is 0 Å². The highest BCUT2D eigenvalue weighted by molar-refractivity contribution is 4.75. The Hall–Kier alpha value is -0.120. The lowest BCUT2D eigenvalue weighted by atomic mass is 9.97. The third kappa shape index (κ3) is 3.63. The van der Waals surface area contributed by atoms with E-state index in [1.807, 2.05) is 0 Å². The van der Waals surface area contributed by atoms with Gasteiger partial charge in [-0.2, -0.15) is 0 Å². The van der Waals surface area contributed by atoms with Gasteiger partial charge < -0.3 is 14.9 Å². The molecular weight excluding hydrogens is 168 g/mol. The Kier molecular flexibility index (Phi) is 4.16. The van der Waals surface area contributed by atoms with Crippen LogP contribution in [0.1, 0.15) is 39.5 Å². The molecule has 0 bridgehead atoms. The van der Waals surface area contributed by atoms with Crippen LogP contribution < -0.4 is 0 Å². The van der Waals surface area contributed by atoms with Gasteiger partial charge >= 0.3 is 0 Å². The van der Waals surface area contributed by atoms with Crippen LogP contribution in [0.3, 0.4) is 0 Å². The second-order valence-corrected chi connectivity index (χ2v) is 4.25. The molecule has 78 valence electrons. The lowest BCUT2D eigenvalue weighted by Gasteiger charge is -2.31. The zero-order chi connectivity index (χ0) is 9.84. The minimum atomic E-state index is -0.666. The summed E-state index contributed by atoms with van der Waals surface area (Å²) >= 11 is 0. The van der Waals surface area contributed by atoms with Gasteiger partial charge in [0.15, 0.2) is 6.29 Å². The van der Waals surface area contributed by atoms with E-state index >= 15 is 0 Å². The molecule has 1 unspecified atom stereocenters. The molecule has 0 spiro atoms. The van der Waals surface area contributed by atoms with Gasteiger partial charge in [0.2, 0.25) is 0 Å². The van der Waals surface area contributed by atoms with Crippen LogP contribution in [0.15, 0.2) is 0 Å². The molecule has 1 saturated heterocycles. The van der Waals surface area contributed by atoms with Crippen molar-refractivity contribution in [1.29, 1.82) is 0 Å². The lowest BCUT2D eigenvalue weighted by molar-refractivity contribution is -0.200. The van der Waals surface area contributed by atoms with Gasteiger partial charge in [-0.15, -0.1) is 0 Å². The van der Waals surface area contributed by atoms with Crippen LogP contribution in [0, 0.1) is 5.92 Å². The third-order valence-electron chi connectivity index (χ3n) is 2.50. The highest BCUT2D eigenvalue weighted by atomic mass is 16.6. The van der Waals surface area contributed by atoms with Crippen molar-refractivity contribution in [3.05, 3.63) is 0 Å². The van der Waals surface area contributed by atoms with Crippen molar-refractivity contribution in [2.24, 2.45) is 5.92 Å². The van der Waals surface area contributed by atoms with Crippen LogP contribution in [0.2, 0.25) is 0 Å². The molecular formula is C10H20O3. The van der Waals surface area contributed by atoms with Gasteiger partial charge in [0.25, 0.3) is 0 Å². The Morgan fingerprint density at radius 2 is 2.00 bits per heavy atom. The minimum absolute atomic E-state index is 0.161. The third-order valence-corrected chi connectivity index (χ3v) is 2.50. The maximum atomic E-state index is 9.56. The van der Waals surface area contributed by atoms with E-state index in [4.69, 9.17) is 4.74 Å². The first-order valence-corrected chi connectivity index (χ1v) is 5.11. The molecule has 0 amide bonds. The molecule has 1 heterocycles. The summed E-state index contributed by atoms with van der Waals surface area (Å²) in [6.45, 7) is 4.29. The van der Waals surface area contributed by atoms with Crippen molar-refractivity contribution in [2.75, 3.05) is 0 Å². The summed E-state index contributed by atoms with van der Waals surface area (Å²) in [6.07, 6.45) is 1.88. The summed E-state index contributed by atoms with van der Waals surface area (Å²) < 4.78 is 5.25. The second kappa shape index (κ2) is 4.94. The fourth-order valence-electron chi connectivity index (χ4n) is 1.62. The fraction of sp³-hybridized carbons (Fsp3) is 1.00. The molecule has 1 rings (SSSR count). The van der Waals surface area contributed by atoms with Crippen LogP contribution in [0.25, 0.3) is 0 Å². The molecule has 13 heavy (non-hydrogen) atoms. The van der Waals surface area contributed by atoms with Gasteiger partial charge in [-0.25, -0.2) is 0 Å². The lowest BCUT2D eigenvalue weighted by Crippen LogP contribution is -2.38. The van der Waals surface area contributed by atoms with Gasteiger partial charge in [-0.1, -0.05) is 13.8 Å². The largest absolute Gasteiger partial charge is 0.390 e. The van der Waals surface area contributed by atoms with Crippen molar-refractivity contribution < 1.29 is 14.9 Å². The number of aliphatic hydroxyl groups is 2. The predicted octanol–water partition coefficient (Wildman–Crippen LogP) is 1.28. The summed E-state index contributed by atoms with van der Waals surface area (Å²) in [4.78, 5) is 0. The van der Waals surface area contributed by atoms with E-state index in [0.717, 1.165) is 12.8 Å². The molecule has 1 aliphatic heterocycles. The predicted molar refractivity (Wildman–Crippen MR) is 50.2 cm³/mol. The standard InChI is InChI=1S/C10H20O3/c1-7(2)3-5-9-8(11)4-6-10(12)13-9/h7-12H,3-6H2,1-2H3/t8-,9-,10?/m0/s1. The number of aliphatic hydroxyl groups excluding tert-OH is 2. The van der Waals surface area contributed by atoms with E-state index in [2.05, 4.69) is 13.8 Å². The molecule has 3 heteroatoms. The van der Waals surface area contributed by atoms with Crippen LogP contribution in [0.5, 0.6) is 0 Å². The SMILES string of the molecule is CC(C)CC[C@@H]1OC(O)CC[C@@H]1O. The van der Waals surface area contributed by atoms with E-state index in [1.54, 1.807) is 0 Å². The molecule has 2 N–H and O–H groups in total. The fourth-order valence-corrected chi connectivity index (χ4v) is 1.62. The molecule has 0 aliphatic carbocycles. The Labute approximate surface area is 79.7 Å². The number of hydrogen-bond acceptors (Lipinski definition) is 3. The Bertz CT molecular complexity index is 147. The van der Waals surface area contributed by atoms with E-state index in [-0.39, 0.29) is 12.2 Å². The van der Waals surface area contributed by atoms with Gasteiger partial charge in [-0.05, 0) is 25.2 Å². The molecule has 1 fully saturated rings. The molecule has 1 aliphatic rings. The molecule has 0 radical (unpaired) electrons. The molecule has 0 aromatic rings. The quantitative estimate of drug-likeness (QED) is 0.701. The van der Waals surface area contributed by atoms with Gasteiger partial charge in [0, 0.05) is 6.42 Å². The van der Waals surface area contributed by atoms with Crippen molar-refractivity contribution >= 4 is 0 Å². The zero-order valence-electron chi connectivity index (χ0n) is 8.44. The normalized spacial score (nSPS) is 35.3. The summed E-state index contributed by atoms with van der Waals surface area (Å²) in [5.74, 6) is 0.620. The van der Waals surface area contributed by atoms with Crippen molar-refractivity contribution in [2.45, 2.75) is 58.0 Å². The number of rotatable bonds is 3. The van der Waals surface area contributed by atoms with E-state index < -0.39 is 6.29 Å². The van der Waals surface area contributed by atoms with E-state index in [9.17, 15) is 10.2 Å². The van der Waals surface area contributed by atoms with E-state index in [0.29, 0.717) is 18.8 Å². The summed E-state index contributed by atoms with van der Waals surface area (Å²) in [5.41, 5.74) is 0. The number of ether oxygens (including phenoxy) is 1. The van der Waals surface area contributed by atoms with Crippen LogP contribution >= 0.6 is 0 Å². The van der Waals surface area contributed by atoms with Crippen LogP contribution in [0.4, 0.5) is 0 Å². The van der Waals surface area contributed by atoms with Crippen molar-refractivity contribution in [3.8, 4) is 0 Å². The highest BCUT2D eigenvalue weighted by Crippen LogP contribution is 2.22. The highest BCUT2D eigenvalue weighted by Gasteiger charge is 2.28. The smallest absolute Gasteiger partial charge is 0.155 e. The van der Waals surface area contributed by atoms with Crippen molar-refractivity contribution in [1.82, 2.24) is 0 Å². The van der Waals surface area contributed by atoms with Crippen molar-refractivity contribution in [3.63, 3.8) is 0 Å². The maximum Gasteiger partial charge on any atom is 0.155 e. The molecule has 3 nitrogen and oxygen atoms in total. The summed E-state index contributed by atoms with van der Waals surface area (Å²) in [5, 5.41) is 18.8.